The number of para-hydroxylation sites is 1. The number of morpholine rings is 1. The third kappa shape index (κ3) is 4.80. The highest BCUT2D eigenvalue weighted by Gasteiger charge is 2.43. The van der Waals surface area contributed by atoms with Crippen LogP contribution in [0.5, 0.6) is 17.2 Å². The van der Waals surface area contributed by atoms with Gasteiger partial charge in [0.05, 0.1) is 42.8 Å². The molecule has 1 saturated heterocycles. The van der Waals surface area contributed by atoms with Crippen molar-refractivity contribution >= 4 is 35.0 Å². The van der Waals surface area contributed by atoms with Gasteiger partial charge in [-0.25, -0.2) is 4.98 Å². The van der Waals surface area contributed by atoms with E-state index in [0.717, 1.165) is 11.4 Å². The number of anilines is 2. The number of nitrogens with zero attached hydrogens (tertiary/aromatic N) is 3. The maximum atomic E-state index is 14.3. The molecule has 0 saturated carbocycles. The van der Waals surface area contributed by atoms with Crippen LogP contribution in [0.4, 0.5) is 11.5 Å². The molecular formula is C30H25N3O8. The Morgan fingerprint density at radius 1 is 0.854 bits per heavy atom. The average molecular weight is 556 g/mol. The lowest BCUT2D eigenvalue weighted by atomic mass is 9.88. The van der Waals surface area contributed by atoms with E-state index in [9.17, 15) is 19.2 Å². The van der Waals surface area contributed by atoms with Crippen LogP contribution in [0.3, 0.4) is 0 Å². The molecule has 0 radical (unpaired) electrons. The smallest absolute Gasteiger partial charge is 0.308 e. The number of fused-ring (bicyclic) bond motifs is 2. The van der Waals surface area contributed by atoms with E-state index in [1.54, 1.807) is 23.2 Å². The van der Waals surface area contributed by atoms with E-state index in [0.29, 0.717) is 37.7 Å². The molecule has 11 nitrogen and oxygen atoms in total. The Bertz CT molecular complexity index is 1620. The van der Waals surface area contributed by atoms with E-state index in [-0.39, 0.29) is 40.6 Å². The van der Waals surface area contributed by atoms with Crippen LogP contribution in [0.15, 0.2) is 66.2 Å². The predicted molar refractivity (Wildman–Crippen MR) is 145 cm³/mol. The van der Waals surface area contributed by atoms with E-state index in [2.05, 4.69) is 9.88 Å². The third-order valence-corrected chi connectivity index (χ3v) is 6.89. The molecule has 0 spiro atoms. The molecule has 6 rings (SSSR count). The Kier molecular flexibility index (Phi) is 6.72. The van der Waals surface area contributed by atoms with Crippen LogP contribution in [0.25, 0.3) is 0 Å². The third-order valence-electron chi connectivity index (χ3n) is 6.89. The van der Waals surface area contributed by atoms with Gasteiger partial charge in [0, 0.05) is 32.5 Å². The fourth-order valence-corrected chi connectivity index (χ4v) is 5.11. The van der Waals surface area contributed by atoms with Crippen molar-refractivity contribution in [3.8, 4) is 17.2 Å². The lowest BCUT2D eigenvalue weighted by Crippen LogP contribution is -2.37. The van der Waals surface area contributed by atoms with Gasteiger partial charge < -0.3 is 28.7 Å². The summed E-state index contributed by atoms with van der Waals surface area (Å²) in [6, 6.07) is 13.5. The highest BCUT2D eigenvalue weighted by Crippen LogP contribution is 2.43. The van der Waals surface area contributed by atoms with Crippen LogP contribution in [0.2, 0.25) is 0 Å². The van der Waals surface area contributed by atoms with Crippen molar-refractivity contribution < 1.29 is 38.1 Å². The van der Waals surface area contributed by atoms with Crippen molar-refractivity contribution in [2.24, 2.45) is 0 Å². The Morgan fingerprint density at radius 3 is 2.15 bits per heavy atom. The number of ether oxygens (including phenoxy) is 4. The lowest BCUT2D eigenvalue weighted by molar-refractivity contribution is -0.133. The van der Waals surface area contributed by atoms with Crippen molar-refractivity contribution in [2.75, 3.05) is 36.1 Å². The van der Waals surface area contributed by atoms with Gasteiger partial charge in [0.2, 0.25) is 17.3 Å². The van der Waals surface area contributed by atoms with Crippen molar-refractivity contribution in [3.63, 3.8) is 0 Å². The summed E-state index contributed by atoms with van der Waals surface area (Å²) in [4.78, 5) is 60.6. The molecule has 0 unspecified atom stereocenters. The first kappa shape index (κ1) is 26.2. The highest BCUT2D eigenvalue weighted by molar-refractivity contribution is 6.29. The largest absolute Gasteiger partial charge is 0.450 e. The standard InChI is InChI=1S/C30H25N3O8/c1-17(34)39-22-8-9-23(40-18(2)35)26-25(22)28(36)27-30(29(26)37)41-21-6-4-3-5-19(21)16-33(27)20-7-10-24(31-15-20)32-11-13-38-14-12-32/h3-10,15H,11-14,16H2,1-2H3. The zero-order chi connectivity index (χ0) is 28.7. The Morgan fingerprint density at radius 2 is 1.51 bits per heavy atom. The first-order valence-electron chi connectivity index (χ1n) is 13.0. The number of benzene rings is 2. The molecule has 208 valence electrons. The number of carbonyl (C=O) groups is 4. The van der Waals surface area contributed by atoms with Gasteiger partial charge in [-0.2, -0.15) is 0 Å². The number of ketones is 2. The predicted octanol–water partition coefficient (Wildman–Crippen LogP) is 3.46. The van der Waals surface area contributed by atoms with Gasteiger partial charge in [-0.3, -0.25) is 19.2 Å². The zero-order valence-corrected chi connectivity index (χ0v) is 22.3. The van der Waals surface area contributed by atoms with Crippen molar-refractivity contribution in [1.29, 1.82) is 0 Å². The number of carbonyl (C=O) groups excluding carboxylic acids is 4. The van der Waals surface area contributed by atoms with Crippen LogP contribution < -0.4 is 24.0 Å². The summed E-state index contributed by atoms with van der Waals surface area (Å²) >= 11 is 0. The fourth-order valence-electron chi connectivity index (χ4n) is 5.11. The molecule has 3 aliphatic rings. The number of esters is 2. The number of aromatic nitrogens is 1. The summed E-state index contributed by atoms with van der Waals surface area (Å²) in [6.45, 7) is 5.19. The molecule has 2 aromatic carbocycles. The second-order valence-corrected chi connectivity index (χ2v) is 9.61. The molecule has 0 atom stereocenters. The van der Waals surface area contributed by atoms with Crippen LogP contribution in [-0.2, 0) is 20.9 Å². The number of Topliss-reactive ketones (excluding diaryl/α,β-unsaturated/α-hetero) is 2. The summed E-state index contributed by atoms with van der Waals surface area (Å²) in [5.74, 6) is -2.05. The highest BCUT2D eigenvalue weighted by atomic mass is 16.5. The molecule has 0 amide bonds. The molecule has 0 N–H and O–H groups in total. The van der Waals surface area contributed by atoms with Gasteiger partial charge in [0.25, 0.3) is 0 Å². The van der Waals surface area contributed by atoms with Gasteiger partial charge in [-0.1, -0.05) is 18.2 Å². The minimum Gasteiger partial charge on any atom is -0.450 e. The average Bonchev–Trinajstić information content (AvgIpc) is 3.14. The van der Waals surface area contributed by atoms with Crippen LogP contribution >= 0.6 is 0 Å². The topological polar surface area (TPSA) is 125 Å². The Balaban J connectivity index is 1.51. The van der Waals surface area contributed by atoms with Crippen LogP contribution in [0.1, 0.15) is 40.1 Å². The maximum Gasteiger partial charge on any atom is 0.308 e. The summed E-state index contributed by atoms with van der Waals surface area (Å²) in [7, 11) is 0. The molecule has 3 heterocycles. The minimum atomic E-state index is -0.695. The van der Waals surface area contributed by atoms with Gasteiger partial charge >= 0.3 is 11.9 Å². The van der Waals surface area contributed by atoms with Crippen LogP contribution in [0, 0.1) is 0 Å². The molecular weight excluding hydrogens is 530 g/mol. The second-order valence-electron chi connectivity index (χ2n) is 9.61. The summed E-state index contributed by atoms with van der Waals surface area (Å²) in [6.07, 6.45) is 1.64. The molecule has 11 heteroatoms. The van der Waals surface area contributed by atoms with Gasteiger partial charge in [-0.15, -0.1) is 0 Å². The van der Waals surface area contributed by atoms with E-state index in [1.807, 2.05) is 24.3 Å². The van der Waals surface area contributed by atoms with E-state index in [4.69, 9.17) is 18.9 Å². The number of allylic oxidation sites excluding steroid dienone is 2. The Hall–Kier alpha value is -5.03. The van der Waals surface area contributed by atoms with Gasteiger partial charge in [0.15, 0.2) is 0 Å². The van der Waals surface area contributed by atoms with Crippen LogP contribution in [-0.4, -0.2) is 54.8 Å². The van der Waals surface area contributed by atoms with E-state index in [1.165, 1.54) is 26.0 Å². The molecule has 1 aromatic heterocycles. The summed E-state index contributed by atoms with van der Waals surface area (Å²) in [5, 5.41) is 0. The molecule has 1 fully saturated rings. The molecule has 2 aliphatic heterocycles. The SMILES string of the molecule is CC(=O)Oc1ccc(OC(C)=O)c2c1C(=O)C1=C(C2=O)N(c2ccc(N3CCOCC3)nc2)Cc2ccccc2O1. The number of hydrogen-bond acceptors (Lipinski definition) is 11. The van der Waals surface area contributed by atoms with E-state index < -0.39 is 23.5 Å². The zero-order valence-electron chi connectivity index (χ0n) is 22.3. The van der Waals surface area contributed by atoms with E-state index >= 15 is 0 Å². The molecule has 0 bridgehead atoms. The van der Waals surface area contributed by atoms with Gasteiger partial charge in [-0.05, 0) is 30.3 Å². The Labute approximate surface area is 234 Å². The number of rotatable bonds is 4. The normalized spacial score (nSPS) is 16.2. The number of hydrogen-bond donors (Lipinski definition) is 0. The number of pyridine rings is 1. The van der Waals surface area contributed by atoms with Crippen molar-refractivity contribution in [2.45, 2.75) is 20.4 Å². The quantitative estimate of drug-likeness (QED) is 0.347. The fraction of sp³-hybridized carbons (Fsp3) is 0.233. The first-order chi connectivity index (χ1) is 19.8. The lowest BCUT2D eigenvalue weighted by Gasteiger charge is -2.31. The molecule has 41 heavy (non-hydrogen) atoms. The minimum absolute atomic E-state index is 0.0481. The first-order valence-corrected chi connectivity index (χ1v) is 13.0. The monoisotopic (exact) mass is 555 g/mol. The van der Waals surface area contributed by atoms with Gasteiger partial charge in [0.1, 0.15) is 28.8 Å². The molecule has 1 aliphatic carbocycles. The second kappa shape index (κ2) is 10.5. The molecule has 3 aromatic rings. The summed E-state index contributed by atoms with van der Waals surface area (Å²) < 4.78 is 22.2. The van der Waals surface area contributed by atoms with Crippen molar-refractivity contribution in [1.82, 2.24) is 4.98 Å². The van der Waals surface area contributed by atoms with Crippen molar-refractivity contribution in [3.05, 3.63) is 82.9 Å². The summed E-state index contributed by atoms with van der Waals surface area (Å²) in [5.41, 5.74) is 0.810. The maximum absolute atomic E-state index is 14.3.